The molecule has 0 fully saturated rings. The molecule has 2 amide bonds. The molecule has 0 aliphatic heterocycles. The monoisotopic (exact) mass is 380 g/mol. The van der Waals surface area contributed by atoms with Gasteiger partial charge in [-0.3, -0.25) is 9.59 Å². The van der Waals surface area contributed by atoms with Crippen molar-refractivity contribution in [2.24, 2.45) is 5.73 Å². The molecule has 0 spiro atoms. The fraction of sp³-hybridized carbons (Fsp3) is 0.263. The summed E-state index contributed by atoms with van der Waals surface area (Å²) >= 11 is 0. The van der Waals surface area contributed by atoms with Crippen LogP contribution in [0.2, 0.25) is 0 Å². The molecule has 0 aliphatic carbocycles. The highest BCUT2D eigenvalue weighted by atomic mass is 19.4. The number of nitrogens with two attached hydrogens (primary N) is 1. The molecule has 144 valence electrons. The maximum atomic E-state index is 12.6. The van der Waals surface area contributed by atoms with Crippen molar-refractivity contribution in [3.05, 3.63) is 70.8 Å². The number of amides is 2. The third-order valence-electron chi connectivity index (χ3n) is 3.98. The molecule has 2 aromatic rings. The average molecular weight is 380 g/mol. The van der Waals surface area contributed by atoms with E-state index in [0.29, 0.717) is 0 Å². The van der Waals surface area contributed by atoms with Gasteiger partial charge in [0.15, 0.2) is 6.10 Å². The number of aliphatic hydroxyl groups excluding tert-OH is 1. The second-order valence-electron chi connectivity index (χ2n) is 6.18. The molecule has 0 bridgehead atoms. The number of carbonyl (C=O) groups excluding carboxylic acids is 2. The van der Waals surface area contributed by atoms with Crippen molar-refractivity contribution < 1.29 is 27.9 Å². The van der Waals surface area contributed by atoms with Gasteiger partial charge in [0.2, 0.25) is 5.91 Å². The van der Waals surface area contributed by atoms with Gasteiger partial charge in [0, 0.05) is 6.42 Å². The quantitative estimate of drug-likeness (QED) is 0.718. The van der Waals surface area contributed by atoms with Crippen LogP contribution in [0.5, 0.6) is 0 Å². The normalized spacial score (nSPS) is 13.7. The molecule has 5 nitrogen and oxygen atoms in total. The van der Waals surface area contributed by atoms with E-state index in [1.54, 1.807) is 12.1 Å². The van der Waals surface area contributed by atoms with E-state index in [1.807, 2.05) is 19.1 Å². The molecular formula is C19H19F3N2O3. The lowest BCUT2D eigenvalue weighted by Crippen LogP contribution is -2.47. The third kappa shape index (κ3) is 5.55. The first kappa shape index (κ1) is 20.4. The molecule has 4 N–H and O–H groups in total. The summed E-state index contributed by atoms with van der Waals surface area (Å²) in [6.45, 7) is 1.87. The van der Waals surface area contributed by atoms with E-state index in [0.717, 1.165) is 35.4 Å². The van der Waals surface area contributed by atoms with E-state index < -0.39 is 35.7 Å². The van der Waals surface area contributed by atoms with Gasteiger partial charge in [0.25, 0.3) is 5.91 Å². The van der Waals surface area contributed by atoms with Gasteiger partial charge in [-0.2, -0.15) is 13.2 Å². The second-order valence-corrected chi connectivity index (χ2v) is 6.18. The zero-order valence-electron chi connectivity index (χ0n) is 14.5. The van der Waals surface area contributed by atoms with Crippen LogP contribution in [0.1, 0.15) is 28.4 Å². The van der Waals surface area contributed by atoms with E-state index in [2.05, 4.69) is 5.32 Å². The first-order chi connectivity index (χ1) is 12.6. The molecule has 2 atom stereocenters. The largest absolute Gasteiger partial charge is 0.416 e. The summed E-state index contributed by atoms with van der Waals surface area (Å²) in [4.78, 5) is 23.8. The Morgan fingerprint density at radius 3 is 2.30 bits per heavy atom. The number of rotatable bonds is 6. The third-order valence-corrected chi connectivity index (χ3v) is 3.98. The molecule has 2 rings (SSSR count). The minimum Gasteiger partial charge on any atom is -0.378 e. The van der Waals surface area contributed by atoms with Crippen molar-refractivity contribution in [3.63, 3.8) is 0 Å². The van der Waals surface area contributed by atoms with Crippen molar-refractivity contribution in [2.75, 3.05) is 0 Å². The molecule has 27 heavy (non-hydrogen) atoms. The molecule has 0 aromatic heterocycles. The van der Waals surface area contributed by atoms with Crippen LogP contribution in [0.15, 0.2) is 48.5 Å². The molecular weight excluding hydrogens is 361 g/mol. The summed E-state index contributed by atoms with van der Waals surface area (Å²) in [6.07, 6.45) is -6.12. The maximum absolute atomic E-state index is 12.6. The van der Waals surface area contributed by atoms with Gasteiger partial charge < -0.3 is 16.2 Å². The summed E-state index contributed by atoms with van der Waals surface area (Å²) in [5, 5.41) is 12.4. The molecule has 0 saturated heterocycles. The molecule has 2 aromatic carbocycles. The summed E-state index contributed by atoms with van der Waals surface area (Å²) in [6, 6.07) is 9.74. The topological polar surface area (TPSA) is 92.4 Å². The van der Waals surface area contributed by atoms with Gasteiger partial charge in [0.1, 0.15) is 6.04 Å². The number of hydrogen-bond donors (Lipinski definition) is 3. The van der Waals surface area contributed by atoms with Gasteiger partial charge in [-0.05, 0) is 30.2 Å². The number of carbonyl (C=O) groups is 2. The molecule has 0 radical (unpaired) electrons. The SMILES string of the molecule is Cc1cccc(C[C@H](NC(=O)[C@H](O)c2ccc(C(F)(F)F)cc2)C(N)=O)c1. The highest BCUT2D eigenvalue weighted by Crippen LogP contribution is 2.30. The molecule has 8 heteroatoms. The molecule has 0 unspecified atom stereocenters. The number of alkyl halides is 3. The van der Waals surface area contributed by atoms with Crippen LogP contribution >= 0.6 is 0 Å². The van der Waals surface area contributed by atoms with Gasteiger partial charge in [-0.25, -0.2) is 0 Å². The zero-order chi connectivity index (χ0) is 20.2. The first-order valence-electron chi connectivity index (χ1n) is 8.08. The van der Waals surface area contributed by atoms with Crippen LogP contribution in [-0.4, -0.2) is 23.0 Å². The lowest BCUT2D eigenvalue weighted by molar-refractivity contribution is -0.137. The van der Waals surface area contributed by atoms with Gasteiger partial charge in [0.05, 0.1) is 5.56 Å². The number of primary amides is 1. The number of benzene rings is 2. The van der Waals surface area contributed by atoms with Gasteiger partial charge >= 0.3 is 6.18 Å². The number of aliphatic hydroxyl groups is 1. The van der Waals surface area contributed by atoms with Crippen LogP contribution in [0.3, 0.4) is 0 Å². The second kappa shape index (κ2) is 8.22. The van der Waals surface area contributed by atoms with E-state index in [9.17, 15) is 27.9 Å². The summed E-state index contributed by atoms with van der Waals surface area (Å²) < 4.78 is 37.7. The first-order valence-corrected chi connectivity index (χ1v) is 8.08. The predicted octanol–water partition coefficient (Wildman–Crippen LogP) is 2.26. The standard InChI is InChI=1S/C19H19F3N2O3/c1-11-3-2-4-12(9-11)10-15(17(23)26)24-18(27)16(25)13-5-7-14(8-6-13)19(20,21)22/h2-9,15-16,25H,10H2,1H3,(H2,23,26)(H,24,27)/t15-,16+/m0/s1. The Kier molecular flexibility index (Phi) is 6.22. The highest BCUT2D eigenvalue weighted by Gasteiger charge is 2.31. The number of nitrogens with one attached hydrogen (secondary N) is 1. The Labute approximate surface area is 154 Å². The van der Waals surface area contributed by atoms with Crippen molar-refractivity contribution in [2.45, 2.75) is 31.7 Å². The zero-order valence-corrected chi connectivity index (χ0v) is 14.5. The number of hydrogen-bond acceptors (Lipinski definition) is 3. The smallest absolute Gasteiger partial charge is 0.378 e. The van der Waals surface area contributed by atoms with Crippen LogP contribution < -0.4 is 11.1 Å². The lowest BCUT2D eigenvalue weighted by Gasteiger charge is -2.19. The van der Waals surface area contributed by atoms with E-state index >= 15 is 0 Å². The number of aryl methyl sites for hydroxylation is 1. The van der Waals surface area contributed by atoms with Crippen LogP contribution in [0, 0.1) is 6.92 Å². The Balaban J connectivity index is 2.09. The summed E-state index contributed by atoms with van der Waals surface area (Å²) in [5.41, 5.74) is 6.13. The van der Waals surface area contributed by atoms with E-state index in [1.165, 1.54) is 0 Å². The minimum atomic E-state index is -4.52. The lowest BCUT2D eigenvalue weighted by atomic mass is 10.0. The van der Waals surface area contributed by atoms with Crippen molar-refractivity contribution in [1.82, 2.24) is 5.32 Å². The van der Waals surface area contributed by atoms with Gasteiger partial charge in [-0.15, -0.1) is 0 Å². The van der Waals surface area contributed by atoms with Crippen molar-refractivity contribution >= 4 is 11.8 Å². The Bertz CT molecular complexity index is 820. The Morgan fingerprint density at radius 2 is 1.78 bits per heavy atom. The molecule has 0 heterocycles. The predicted molar refractivity (Wildman–Crippen MR) is 92.4 cm³/mol. The van der Waals surface area contributed by atoms with E-state index in [-0.39, 0.29) is 12.0 Å². The molecule has 0 aliphatic rings. The summed E-state index contributed by atoms with van der Waals surface area (Å²) in [5.74, 6) is -1.71. The van der Waals surface area contributed by atoms with E-state index in [4.69, 9.17) is 5.73 Å². The molecule has 0 saturated carbocycles. The maximum Gasteiger partial charge on any atom is 0.416 e. The fourth-order valence-electron chi connectivity index (χ4n) is 2.55. The fourth-order valence-corrected chi connectivity index (χ4v) is 2.55. The van der Waals surface area contributed by atoms with Gasteiger partial charge in [-0.1, -0.05) is 42.0 Å². The Hall–Kier alpha value is -2.87. The Morgan fingerprint density at radius 1 is 1.15 bits per heavy atom. The minimum absolute atomic E-state index is 0.0284. The average Bonchev–Trinajstić information content (AvgIpc) is 2.59. The van der Waals surface area contributed by atoms with Crippen LogP contribution in [0.4, 0.5) is 13.2 Å². The number of halogens is 3. The van der Waals surface area contributed by atoms with Crippen LogP contribution in [-0.2, 0) is 22.2 Å². The van der Waals surface area contributed by atoms with Crippen LogP contribution in [0.25, 0.3) is 0 Å². The van der Waals surface area contributed by atoms with Crippen molar-refractivity contribution in [1.29, 1.82) is 0 Å². The summed E-state index contributed by atoms with van der Waals surface area (Å²) in [7, 11) is 0. The highest BCUT2D eigenvalue weighted by molar-refractivity contribution is 5.89. The van der Waals surface area contributed by atoms with Crippen molar-refractivity contribution in [3.8, 4) is 0 Å².